The molecule has 1 aliphatic rings. The third kappa shape index (κ3) is 6.84. The van der Waals surface area contributed by atoms with Gasteiger partial charge in [-0.3, -0.25) is 0 Å². The lowest BCUT2D eigenvalue weighted by Gasteiger charge is -2.12. The predicted octanol–water partition coefficient (Wildman–Crippen LogP) is 6.41. The highest BCUT2D eigenvalue weighted by Gasteiger charge is 2.21. The number of nitriles is 1. The molecule has 1 saturated heterocycles. The number of anilines is 2. The maximum absolute atomic E-state index is 9.01. The molecular formula is C24H22Cl2N6OS2. The number of halogens is 2. The van der Waals surface area contributed by atoms with Crippen LogP contribution in [0.4, 0.5) is 10.9 Å². The molecule has 1 unspecified atom stereocenters. The summed E-state index contributed by atoms with van der Waals surface area (Å²) in [5.41, 5.74) is 0.634. The van der Waals surface area contributed by atoms with Crippen LogP contribution in [0.3, 0.4) is 0 Å². The molecule has 0 radical (unpaired) electrons. The van der Waals surface area contributed by atoms with E-state index in [0.717, 1.165) is 40.9 Å². The van der Waals surface area contributed by atoms with E-state index >= 15 is 0 Å². The van der Waals surface area contributed by atoms with Gasteiger partial charge >= 0.3 is 0 Å². The van der Waals surface area contributed by atoms with Crippen molar-refractivity contribution in [2.45, 2.75) is 22.1 Å². The number of rotatable bonds is 7. The summed E-state index contributed by atoms with van der Waals surface area (Å²) in [6, 6.07) is 21.2. The Morgan fingerprint density at radius 1 is 1.09 bits per heavy atom. The van der Waals surface area contributed by atoms with E-state index in [1.807, 2.05) is 48.5 Å². The first kappa shape index (κ1) is 26.7. The van der Waals surface area contributed by atoms with Crippen molar-refractivity contribution in [1.29, 1.82) is 5.26 Å². The van der Waals surface area contributed by atoms with Crippen LogP contribution in [-0.2, 0) is 0 Å². The fourth-order valence-corrected chi connectivity index (χ4v) is 4.89. The van der Waals surface area contributed by atoms with Gasteiger partial charge in [0.2, 0.25) is 5.13 Å². The van der Waals surface area contributed by atoms with Gasteiger partial charge in [0.1, 0.15) is 11.6 Å². The molecule has 1 atom stereocenters. The highest BCUT2D eigenvalue weighted by molar-refractivity contribution is 7.99. The molecule has 1 aliphatic heterocycles. The van der Waals surface area contributed by atoms with Gasteiger partial charge in [-0.15, -0.1) is 24.8 Å². The quantitative estimate of drug-likeness (QED) is 0.275. The number of aromatic nitrogens is 3. The van der Waals surface area contributed by atoms with E-state index in [0.29, 0.717) is 28.2 Å². The number of hydrogen-bond acceptors (Lipinski definition) is 9. The fourth-order valence-electron chi connectivity index (χ4n) is 3.43. The van der Waals surface area contributed by atoms with Crippen LogP contribution < -0.4 is 15.4 Å². The second-order valence-electron chi connectivity index (χ2n) is 7.44. The largest absolute Gasteiger partial charge is 0.453 e. The standard InChI is InChI=1S/C24H20N6OS2.2ClH/c25-13-16-6-8-19(9-7-16)32-20-12-21(31-18-4-2-1-3-5-18)23(27-15-20)29-24-28-22(30-33-24)17-10-11-26-14-17;;/h1-9,12,15,17,26H,10-11,14H2,(H,27,28,29,30);2*1H. The molecule has 7 nitrogen and oxygen atoms in total. The Morgan fingerprint density at radius 2 is 1.89 bits per heavy atom. The number of pyridine rings is 1. The van der Waals surface area contributed by atoms with Crippen LogP contribution in [0.5, 0.6) is 11.5 Å². The normalized spacial score (nSPS) is 14.3. The first-order valence-electron chi connectivity index (χ1n) is 10.5. The van der Waals surface area contributed by atoms with Gasteiger partial charge < -0.3 is 15.4 Å². The Hall–Kier alpha value is -2.87. The van der Waals surface area contributed by atoms with Crippen molar-refractivity contribution in [3.05, 3.63) is 78.2 Å². The van der Waals surface area contributed by atoms with Crippen molar-refractivity contribution in [3.63, 3.8) is 0 Å². The number of benzene rings is 2. The van der Waals surface area contributed by atoms with Gasteiger partial charge in [0, 0.05) is 46.0 Å². The molecule has 3 heterocycles. The summed E-state index contributed by atoms with van der Waals surface area (Å²) in [5, 5.41) is 16.3. The van der Waals surface area contributed by atoms with Crippen molar-refractivity contribution in [3.8, 4) is 17.6 Å². The van der Waals surface area contributed by atoms with Crippen LogP contribution in [0.15, 0.2) is 76.7 Å². The first-order chi connectivity index (χ1) is 16.3. The van der Waals surface area contributed by atoms with E-state index in [2.05, 4.69) is 31.0 Å². The third-order valence-electron chi connectivity index (χ3n) is 5.11. The predicted molar refractivity (Wildman–Crippen MR) is 144 cm³/mol. The summed E-state index contributed by atoms with van der Waals surface area (Å²) in [5.74, 6) is 3.12. The lowest BCUT2D eigenvalue weighted by molar-refractivity contribution is 0.481. The molecule has 11 heteroatoms. The average molecular weight is 546 g/mol. The molecule has 2 N–H and O–H groups in total. The molecule has 4 aromatic rings. The number of para-hydroxylation sites is 1. The Morgan fingerprint density at radius 3 is 2.60 bits per heavy atom. The molecule has 5 rings (SSSR count). The molecule has 0 aliphatic carbocycles. The van der Waals surface area contributed by atoms with Crippen molar-refractivity contribution >= 4 is 59.1 Å². The molecule has 1 fully saturated rings. The van der Waals surface area contributed by atoms with E-state index in [-0.39, 0.29) is 24.8 Å². The molecule has 0 amide bonds. The Bertz CT molecular complexity index is 1280. The Balaban J connectivity index is 0.00000171. The zero-order valence-electron chi connectivity index (χ0n) is 18.4. The smallest absolute Gasteiger partial charge is 0.208 e. The van der Waals surface area contributed by atoms with Gasteiger partial charge in [-0.1, -0.05) is 30.0 Å². The van der Waals surface area contributed by atoms with Crippen LogP contribution in [0.1, 0.15) is 23.7 Å². The second kappa shape index (κ2) is 12.7. The van der Waals surface area contributed by atoms with E-state index in [9.17, 15) is 0 Å². The lowest BCUT2D eigenvalue weighted by Crippen LogP contribution is -2.08. The van der Waals surface area contributed by atoms with Crippen LogP contribution >= 0.6 is 48.1 Å². The topological polar surface area (TPSA) is 95.8 Å². The molecule has 0 saturated carbocycles. The first-order valence-corrected chi connectivity index (χ1v) is 12.1. The third-order valence-corrected chi connectivity index (χ3v) is 6.72. The fraction of sp³-hybridized carbons (Fsp3) is 0.167. The summed E-state index contributed by atoms with van der Waals surface area (Å²) in [4.78, 5) is 11.2. The van der Waals surface area contributed by atoms with E-state index in [1.54, 1.807) is 30.1 Å². The van der Waals surface area contributed by atoms with Crippen LogP contribution in [0, 0.1) is 11.3 Å². The van der Waals surface area contributed by atoms with Crippen molar-refractivity contribution in [2.24, 2.45) is 0 Å². The lowest BCUT2D eigenvalue weighted by atomic mass is 10.1. The minimum absolute atomic E-state index is 0. The van der Waals surface area contributed by atoms with E-state index in [4.69, 9.17) is 10.00 Å². The van der Waals surface area contributed by atoms with Crippen LogP contribution in [-0.4, -0.2) is 27.4 Å². The molecular weight excluding hydrogens is 523 g/mol. The van der Waals surface area contributed by atoms with Gasteiger partial charge in [-0.2, -0.15) is 9.64 Å². The maximum atomic E-state index is 9.01. The molecule has 2 aromatic heterocycles. The second-order valence-corrected chi connectivity index (χ2v) is 9.34. The van der Waals surface area contributed by atoms with Gasteiger partial charge in [0.25, 0.3) is 0 Å². The number of nitrogens with one attached hydrogen (secondary N) is 2. The summed E-state index contributed by atoms with van der Waals surface area (Å²) < 4.78 is 10.7. The summed E-state index contributed by atoms with van der Waals surface area (Å²) >= 11 is 2.88. The molecule has 35 heavy (non-hydrogen) atoms. The highest BCUT2D eigenvalue weighted by Crippen LogP contribution is 2.36. The van der Waals surface area contributed by atoms with Crippen molar-refractivity contribution < 1.29 is 4.74 Å². The minimum atomic E-state index is 0. The maximum Gasteiger partial charge on any atom is 0.208 e. The Labute approximate surface area is 224 Å². The van der Waals surface area contributed by atoms with Gasteiger partial charge in [0.05, 0.1) is 11.6 Å². The molecule has 180 valence electrons. The van der Waals surface area contributed by atoms with Crippen LogP contribution in [0.2, 0.25) is 0 Å². The number of hydrogen-bond donors (Lipinski definition) is 2. The summed E-state index contributed by atoms with van der Waals surface area (Å²) in [6.45, 7) is 1.92. The molecule has 0 spiro atoms. The zero-order valence-corrected chi connectivity index (χ0v) is 21.6. The van der Waals surface area contributed by atoms with Crippen molar-refractivity contribution in [2.75, 3.05) is 18.4 Å². The minimum Gasteiger partial charge on any atom is -0.453 e. The average Bonchev–Trinajstić information content (AvgIpc) is 3.54. The zero-order chi connectivity index (χ0) is 22.5. The monoisotopic (exact) mass is 544 g/mol. The number of ether oxygens (including phenoxy) is 1. The summed E-state index contributed by atoms with van der Waals surface area (Å²) in [7, 11) is 0. The molecule has 2 aromatic carbocycles. The number of nitrogens with zero attached hydrogens (tertiary/aromatic N) is 4. The van der Waals surface area contributed by atoms with Gasteiger partial charge in [0.15, 0.2) is 11.6 Å². The molecule has 0 bridgehead atoms. The van der Waals surface area contributed by atoms with Gasteiger partial charge in [-0.25, -0.2) is 9.97 Å². The van der Waals surface area contributed by atoms with Crippen molar-refractivity contribution in [1.82, 2.24) is 19.7 Å². The SMILES string of the molecule is Cl.Cl.N#Cc1ccc(Sc2cnc(Nc3nc(C4CCNC4)ns3)c(Oc3ccccc3)c2)cc1. The van der Waals surface area contributed by atoms with E-state index in [1.165, 1.54) is 11.5 Å². The van der Waals surface area contributed by atoms with Gasteiger partial charge in [-0.05, 0) is 49.4 Å². The highest BCUT2D eigenvalue weighted by atomic mass is 35.5. The van der Waals surface area contributed by atoms with Crippen LogP contribution in [0.25, 0.3) is 0 Å². The summed E-state index contributed by atoms with van der Waals surface area (Å²) in [6.07, 6.45) is 2.85. The van der Waals surface area contributed by atoms with E-state index < -0.39 is 0 Å². The Kier molecular flexibility index (Phi) is 9.72.